The number of halogens is 1. The van der Waals surface area contributed by atoms with E-state index in [2.05, 4.69) is 36.8 Å². The smallest absolute Gasteiger partial charge is 0.257 e. The Morgan fingerprint density at radius 1 is 1.40 bits per heavy atom. The molecule has 3 rings (SSSR count). The molecule has 1 unspecified atom stereocenters. The number of pyridine rings is 1. The normalized spacial score (nSPS) is 12.6. The van der Waals surface area contributed by atoms with Crippen molar-refractivity contribution in [3.8, 4) is 11.3 Å². The number of carbonyl (C=O) groups is 1. The van der Waals surface area contributed by atoms with Crippen LogP contribution in [-0.2, 0) is 16.3 Å². The summed E-state index contributed by atoms with van der Waals surface area (Å²) in [6, 6.07) is 6.47. The number of thiazole rings is 1. The number of nitrogens with one attached hydrogen (secondary N) is 2. The first-order valence-corrected chi connectivity index (χ1v) is 11.9. The van der Waals surface area contributed by atoms with Crippen LogP contribution in [0.5, 0.6) is 0 Å². The molecular formula is C19H16BrN5O3S2. The Hall–Kier alpha value is -2.94. The highest BCUT2D eigenvalue weighted by atomic mass is 79.9. The molecule has 3 aromatic rings. The maximum Gasteiger partial charge on any atom is 0.257 e. The number of hydrogen-bond acceptors (Lipinski definition) is 6. The second-order valence-corrected chi connectivity index (χ2v) is 9.86. The number of aromatic nitrogens is 2. The van der Waals surface area contributed by atoms with Crippen molar-refractivity contribution < 1.29 is 9.00 Å². The molecule has 2 aromatic heterocycles. The third-order valence-corrected chi connectivity index (χ3v) is 7.38. The zero-order chi connectivity index (χ0) is 21.9. The summed E-state index contributed by atoms with van der Waals surface area (Å²) in [6.45, 7) is 1.92. The summed E-state index contributed by atoms with van der Waals surface area (Å²) in [7, 11) is -2.89. The molecule has 0 spiro atoms. The zero-order valence-corrected chi connectivity index (χ0v) is 18.9. The maximum atomic E-state index is 12.7. The highest BCUT2D eigenvalue weighted by Crippen LogP contribution is 2.19. The molecule has 0 fully saturated rings. The highest BCUT2D eigenvalue weighted by Gasteiger charge is 2.18. The highest BCUT2D eigenvalue weighted by molar-refractivity contribution is 9.10. The van der Waals surface area contributed by atoms with Gasteiger partial charge in [-0.05, 0) is 46.4 Å². The van der Waals surface area contributed by atoms with Gasteiger partial charge in [-0.2, -0.15) is 5.26 Å². The summed E-state index contributed by atoms with van der Waals surface area (Å²) < 4.78 is 16.4. The van der Waals surface area contributed by atoms with Gasteiger partial charge in [0.25, 0.3) is 5.91 Å². The van der Waals surface area contributed by atoms with Crippen LogP contribution in [0.4, 0.5) is 0 Å². The molecule has 11 heteroatoms. The fourth-order valence-electron chi connectivity index (χ4n) is 2.61. The van der Waals surface area contributed by atoms with E-state index < -0.39 is 21.0 Å². The van der Waals surface area contributed by atoms with Crippen LogP contribution < -0.4 is 15.5 Å². The number of nitriles is 1. The Bertz CT molecular complexity index is 1290. The Balaban J connectivity index is 1.80. The lowest BCUT2D eigenvalue weighted by Gasteiger charge is -2.12. The van der Waals surface area contributed by atoms with Crippen LogP contribution in [0.15, 0.2) is 56.2 Å². The van der Waals surface area contributed by atoms with Crippen LogP contribution in [-0.4, -0.2) is 25.5 Å². The van der Waals surface area contributed by atoms with Crippen molar-refractivity contribution in [2.45, 2.75) is 18.4 Å². The van der Waals surface area contributed by atoms with Crippen molar-refractivity contribution in [2.24, 2.45) is 0 Å². The van der Waals surface area contributed by atoms with Crippen molar-refractivity contribution in [1.29, 1.82) is 5.26 Å². The van der Waals surface area contributed by atoms with Crippen LogP contribution >= 0.6 is 27.3 Å². The van der Waals surface area contributed by atoms with Gasteiger partial charge in [0, 0.05) is 30.0 Å². The summed E-state index contributed by atoms with van der Waals surface area (Å²) in [5.74, 6) is 2.98. The van der Waals surface area contributed by atoms with E-state index in [1.54, 1.807) is 53.5 Å². The van der Waals surface area contributed by atoms with E-state index in [4.69, 9.17) is 5.26 Å². The predicted octanol–water partition coefficient (Wildman–Crippen LogP) is 2.36. The molecule has 2 heterocycles. The number of benzene rings is 1. The number of amides is 1. The predicted molar refractivity (Wildman–Crippen MR) is 120 cm³/mol. The molecule has 0 aliphatic heterocycles. The van der Waals surface area contributed by atoms with Crippen LogP contribution in [0.1, 0.15) is 21.6 Å². The average molecular weight is 506 g/mol. The molecule has 154 valence electrons. The SMILES string of the molecule is C=S(=O)(NC#N)c1ccc(CNC(=O)c2cn(-c3nccs3)c(C)c(Br)c2=O)cc1. The van der Waals surface area contributed by atoms with E-state index in [0.717, 1.165) is 5.56 Å². The zero-order valence-electron chi connectivity index (χ0n) is 15.7. The quantitative estimate of drug-likeness (QED) is 0.303. The first-order valence-electron chi connectivity index (χ1n) is 8.46. The van der Waals surface area contributed by atoms with Gasteiger partial charge in [0.15, 0.2) is 11.3 Å². The summed E-state index contributed by atoms with van der Waals surface area (Å²) >= 11 is 4.66. The van der Waals surface area contributed by atoms with Crippen molar-refractivity contribution in [3.63, 3.8) is 0 Å². The number of rotatable bonds is 6. The van der Waals surface area contributed by atoms with Crippen molar-refractivity contribution in [1.82, 2.24) is 19.6 Å². The molecule has 1 aromatic carbocycles. The molecule has 0 saturated heterocycles. The molecule has 0 saturated carbocycles. The topological polar surface area (TPSA) is 117 Å². The molecule has 0 bridgehead atoms. The summed E-state index contributed by atoms with van der Waals surface area (Å²) in [6.07, 6.45) is 4.74. The van der Waals surface area contributed by atoms with Gasteiger partial charge in [0.1, 0.15) is 5.56 Å². The van der Waals surface area contributed by atoms with Gasteiger partial charge in [0.05, 0.1) is 19.1 Å². The van der Waals surface area contributed by atoms with E-state index in [1.165, 1.54) is 17.5 Å². The fraction of sp³-hybridized carbons (Fsp3) is 0.105. The molecule has 2 N–H and O–H groups in total. The van der Waals surface area contributed by atoms with Gasteiger partial charge in [-0.25, -0.2) is 13.9 Å². The fourth-order valence-corrected chi connectivity index (χ4v) is 4.52. The Kier molecular flexibility index (Phi) is 6.40. The van der Waals surface area contributed by atoms with Crippen LogP contribution in [0.2, 0.25) is 0 Å². The maximum absolute atomic E-state index is 12.7. The van der Waals surface area contributed by atoms with Gasteiger partial charge in [0.2, 0.25) is 5.43 Å². The Labute approximate surface area is 185 Å². The van der Waals surface area contributed by atoms with E-state index in [0.29, 0.717) is 20.2 Å². The molecule has 0 radical (unpaired) electrons. The summed E-state index contributed by atoms with van der Waals surface area (Å²) in [5, 5.41) is 13.8. The van der Waals surface area contributed by atoms with Gasteiger partial charge >= 0.3 is 0 Å². The average Bonchev–Trinajstić information content (AvgIpc) is 3.25. The first kappa shape index (κ1) is 21.8. The standard InChI is InChI=1S/C19H16BrN5O3S2/c1-12-16(20)17(26)15(10-25(12)19-22-7-8-29-19)18(27)23-9-13-3-5-14(6-4-13)30(2,28)24-11-21/h3-8,10H,2,9H2,1H3,(H,23,27)(H,24,28). The van der Waals surface area contributed by atoms with Gasteiger partial charge < -0.3 is 5.32 Å². The van der Waals surface area contributed by atoms with Crippen molar-refractivity contribution in [2.75, 3.05) is 0 Å². The number of hydrogen-bond donors (Lipinski definition) is 2. The first-order chi connectivity index (χ1) is 14.2. The molecule has 0 aliphatic rings. The summed E-state index contributed by atoms with van der Waals surface area (Å²) in [4.78, 5) is 29.8. The number of carbonyl (C=O) groups excluding carboxylic acids is 1. The van der Waals surface area contributed by atoms with Gasteiger partial charge in [-0.15, -0.1) is 11.3 Å². The number of nitrogens with zero attached hydrogens (tertiary/aromatic N) is 3. The monoisotopic (exact) mass is 505 g/mol. The van der Waals surface area contributed by atoms with E-state index in [9.17, 15) is 13.8 Å². The lowest BCUT2D eigenvalue weighted by atomic mass is 10.2. The molecule has 1 atom stereocenters. The van der Waals surface area contributed by atoms with E-state index >= 15 is 0 Å². The molecule has 1 amide bonds. The van der Waals surface area contributed by atoms with Crippen LogP contribution in [0.3, 0.4) is 0 Å². The van der Waals surface area contributed by atoms with E-state index in [-0.39, 0.29) is 12.1 Å². The van der Waals surface area contributed by atoms with Crippen LogP contribution in [0.25, 0.3) is 5.13 Å². The molecule has 8 nitrogen and oxygen atoms in total. The minimum atomic E-state index is -2.89. The Morgan fingerprint density at radius 3 is 2.70 bits per heavy atom. The van der Waals surface area contributed by atoms with Crippen LogP contribution in [0, 0.1) is 18.4 Å². The van der Waals surface area contributed by atoms with E-state index in [1.807, 2.05) is 0 Å². The third kappa shape index (κ3) is 4.46. The second-order valence-electron chi connectivity index (χ2n) is 6.17. The third-order valence-electron chi connectivity index (χ3n) is 4.22. The lowest BCUT2D eigenvalue weighted by Crippen LogP contribution is -2.30. The van der Waals surface area contributed by atoms with Gasteiger partial charge in [-0.1, -0.05) is 12.1 Å². The molecular weight excluding hydrogens is 490 g/mol. The van der Waals surface area contributed by atoms with Crippen molar-refractivity contribution >= 4 is 48.8 Å². The minimum Gasteiger partial charge on any atom is -0.348 e. The lowest BCUT2D eigenvalue weighted by molar-refractivity contribution is 0.0949. The molecule has 0 aliphatic carbocycles. The summed E-state index contributed by atoms with van der Waals surface area (Å²) in [5.41, 5.74) is 0.946. The minimum absolute atomic E-state index is 0.0155. The largest absolute Gasteiger partial charge is 0.348 e. The second kappa shape index (κ2) is 8.83. The Morgan fingerprint density at radius 2 is 2.10 bits per heavy atom. The molecule has 30 heavy (non-hydrogen) atoms. The van der Waals surface area contributed by atoms with Crippen molar-refractivity contribution in [3.05, 3.63) is 73.6 Å². The van der Waals surface area contributed by atoms with Gasteiger partial charge in [-0.3, -0.25) is 14.2 Å².